The van der Waals surface area contributed by atoms with Crippen LogP contribution in [0.5, 0.6) is 0 Å². The molecule has 0 aromatic heterocycles. The molecule has 12 heteroatoms. The standard InChI is InChI=1S/C11H18N4O7S/c12-5(1-8(17)18)10(21)15-6(4-23)11(22)14-2-7(16)13-3-9(19)20/h5-6,23H,1-4,12H2,(H,13,16)(H,14,22)(H,15,21)(H,17,18)(H,19,20). The second-order valence-corrected chi connectivity index (χ2v) is 4.70. The minimum absolute atomic E-state index is 0.117. The van der Waals surface area contributed by atoms with Gasteiger partial charge in [0, 0.05) is 5.75 Å². The monoisotopic (exact) mass is 350 g/mol. The fourth-order valence-electron chi connectivity index (χ4n) is 1.28. The number of aliphatic carboxylic acids is 2. The highest BCUT2D eigenvalue weighted by Gasteiger charge is 2.24. The van der Waals surface area contributed by atoms with Gasteiger partial charge in [0.05, 0.1) is 19.0 Å². The van der Waals surface area contributed by atoms with Gasteiger partial charge in [-0.3, -0.25) is 24.0 Å². The molecule has 0 aromatic carbocycles. The molecule has 0 saturated heterocycles. The molecular formula is C11H18N4O7S. The summed E-state index contributed by atoms with van der Waals surface area (Å²) in [7, 11) is 0. The van der Waals surface area contributed by atoms with Crippen LogP contribution in [0.15, 0.2) is 0 Å². The Hall–Kier alpha value is -2.34. The number of hydrogen-bond donors (Lipinski definition) is 7. The van der Waals surface area contributed by atoms with Crippen LogP contribution < -0.4 is 21.7 Å². The van der Waals surface area contributed by atoms with Crippen molar-refractivity contribution in [2.45, 2.75) is 18.5 Å². The van der Waals surface area contributed by atoms with Crippen LogP contribution in [0.25, 0.3) is 0 Å². The first-order valence-electron chi connectivity index (χ1n) is 6.32. The van der Waals surface area contributed by atoms with Gasteiger partial charge in [0.25, 0.3) is 0 Å². The van der Waals surface area contributed by atoms with Crippen LogP contribution in [0.3, 0.4) is 0 Å². The summed E-state index contributed by atoms with van der Waals surface area (Å²) in [5, 5.41) is 23.3. The summed E-state index contributed by atoms with van der Waals surface area (Å²) >= 11 is 3.87. The van der Waals surface area contributed by atoms with Crippen molar-refractivity contribution in [1.82, 2.24) is 16.0 Å². The third-order valence-electron chi connectivity index (χ3n) is 2.41. The van der Waals surface area contributed by atoms with E-state index < -0.39 is 61.3 Å². The molecule has 0 aliphatic carbocycles. The van der Waals surface area contributed by atoms with E-state index >= 15 is 0 Å². The third kappa shape index (κ3) is 9.31. The van der Waals surface area contributed by atoms with E-state index in [4.69, 9.17) is 15.9 Å². The van der Waals surface area contributed by atoms with Gasteiger partial charge in [-0.15, -0.1) is 0 Å². The summed E-state index contributed by atoms with van der Waals surface area (Å²) < 4.78 is 0. The molecule has 0 aromatic rings. The van der Waals surface area contributed by atoms with Crippen molar-refractivity contribution in [3.05, 3.63) is 0 Å². The lowest BCUT2D eigenvalue weighted by molar-refractivity contribution is -0.139. The SMILES string of the molecule is NC(CC(=O)O)C(=O)NC(CS)C(=O)NCC(=O)NCC(=O)O. The molecule has 0 radical (unpaired) electrons. The van der Waals surface area contributed by atoms with E-state index in [1.54, 1.807) is 0 Å². The summed E-state index contributed by atoms with van der Waals surface area (Å²) in [5.41, 5.74) is 5.34. The Morgan fingerprint density at radius 1 is 0.957 bits per heavy atom. The van der Waals surface area contributed by atoms with Crippen molar-refractivity contribution in [2.24, 2.45) is 5.73 Å². The number of carboxylic acid groups (broad SMARTS) is 2. The zero-order chi connectivity index (χ0) is 18.0. The molecule has 0 bridgehead atoms. The number of rotatable bonds is 10. The van der Waals surface area contributed by atoms with Crippen LogP contribution in [0.2, 0.25) is 0 Å². The van der Waals surface area contributed by atoms with Crippen LogP contribution in [0.1, 0.15) is 6.42 Å². The predicted molar refractivity (Wildman–Crippen MR) is 79.7 cm³/mol. The van der Waals surface area contributed by atoms with E-state index in [1.807, 2.05) is 5.32 Å². The van der Waals surface area contributed by atoms with Crippen LogP contribution in [0.4, 0.5) is 0 Å². The smallest absolute Gasteiger partial charge is 0.322 e. The molecule has 0 heterocycles. The van der Waals surface area contributed by atoms with E-state index in [-0.39, 0.29) is 5.75 Å². The molecule has 23 heavy (non-hydrogen) atoms. The Bertz CT molecular complexity index is 485. The van der Waals surface area contributed by atoms with Gasteiger partial charge in [0.1, 0.15) is 12.6 Å². The fourth-order valence-corrected chi connectivity index (χ4v) is 1.54. The minimum atomic E-state index is -1.33. The second-order valence-electron chi connectivity index (χ2n) is 4.34. The number of nitrogens with one attached hydrogen (secondary N) is 3. The van der Waals surface area contributed by atoms with Crippen LogP contribution >= 0.6 is 12.6 Å². The first-order valence-corrected chi connectivity index (χ1v) is 6.95. The van der Waals surface area contributed by atoms with E-state index in [0.717, 1.165) is 0 Å². The number of nitrogens with two attached hydrogens (primary N) is 1. The summed E-state index contributed by atoms with van der Waals surface area (Å²) in [4.78, 5) is 55.3. The van der Waals surface area contributed by atoms with E-state index in [1.165, 1.54) is 0 Å². The zero-order valence-electron chi connectivity index (χ0n) is 11.9. The molecule has 2 unspecified atom stereocenters. The number of hydrogen-bond acceptors (Lipinski definition) is 7. The highest BCUT2D eigenvalue weighted by Crippen LogP contribution is 1.93. The van der Waals surface area contributed by atoms with Crippen LogP contribution in [0, 0.1) is 0 Å². The van der Waals surface area contributed by atoms with E-state index in [9.17, 15) is 24.0 Å². The molecule has 130 valence electrons. The normalized spacial score (nSPS) is 12.6. The Labute approximate surface area is 136 Å². The third-order valence-corrected chi connectivity index (χ3v) is 2.77. The summed E-state index contributed by atoms with van der Waals surface area (Å²) in [6, 6.07) is -2.46. The lowest BCUT2D eigenvalue weighted by atomic mass is 10.2. The number of amides is 3. The Balaban J connectivity index is 4.35. The predicted octanol–water partition coefficient (Wildman–Crippen LogP) is -3.48. The van der Waals surface area contributed by atoms with Crippen molar-refractivity contribution >= 4 is 42.3 Å². The first-order chi connectivity index (χ1) is 10.7. The van der Waals surface area contributed by atoms with Crippen LogP contribution in [-0.2, 0) is 24.0 Å². The Kier molecular flexibility index (Phi) is 9.34. The van der Waals surface area contributed by atoms with Crippen LogP contribution in [-0.4, -0.2) is 70.8 Å². The average molecular weight is 350 g/mol. The molecule has 0 saturated carbocycles. The van der Waals surface area contributed by atoms with Crippen molar-refractivity contribution < 1.29 is 34.2 Å². The lowest BCUT2D eigenvalue weighted by Gasteiger charge is -2.18. The van der Waals surface area contributed by atoms with Crippen molar-refractivity contribution in [2.75, 3.05) is 18.8 Å². The van der Waals surface area contributed by atoms with Gasteiger partial charge in [0.15, 0.2) is 0 Å². The van der Waals surface area contributed by atoms with Gasteiger partial charge < -0.3 is 31.9 Å². The summed E-state index contributed by atoms with van der Waals surface area (Å²) in [5.74, 6) is -4.95. The minimum Gasteiger partial charge on any atom is -0.481 e. The van der Waals surface area contributed by atoms with Gasteiger partial charge in [0.2, 0.25) is 17.7 Å². The molecule has 11 nitrogen and oxygen atoms in total. The largest absolute Gasteiger partial charge is 0.481 e. The van der Waals surface area contributed by atoms with Gasteiger partial charge in [-0.25, -0.2) is 0 Å². The molecular weight excluding hydrogens is 332 g/mol. The summed E-state index contributed by atoms with van der Waals surface area (Å²) in [6.07, 6.45) is -0.607. The van der Waals surface area contributed by atoms with Crippen molar-refractivity contribution in [3.8, 4) is 0 Å². The number of thiol groups is 1. The van der Waals surface area contributed by atoms with Gasteiger partial charge in [-0.05, 0) is 0 Å². The molecule has 0 spiro atoms. The highest BCUT2D eigenvalue weighted by molar-refractivity contribution is 7.80. The zero-order valence-corrected chi connectivity index (χ0v) is 12.8. The Morgan fingerprint density at radius 3 is 2.04 bits per heavy atom. The lowest BCUT2D eigenvalue weighted by Crippen LogP contribution is -2.54. The molecule has 3 amide bonds. The molecule has 2 atom stereocenters. The number of carbonyl (C=O) groups excluding carboxylic acids is 3. The average Bonchev–Trinajstić information content (AvgIpc) is 2.46. The van der Waals surface area contributed by atoms with Gasteiger partial charge in [-0.2, -0.15) is 12.6 Å². The van der Waals surface area contributed by atoms with Crippen molar-refractivity contribution in [3.63, 3.8) is 0 Å². The maximum Gasteiger partial charge on any atom is 0.322 e. The maximum atomic E-state index is 11.8. The van der Waals surface area contributed by atoms with Gasteiger partial charge in [-0.1, -0.05) is 0 Å². The maximum absolute atomic E-state index is 11.8. The number of carboxylic acids is 2. The van der Waals surface area contributed by atoms with E-state index in [0.29, 0.717) is 0 Å². The first kappa shape index (κ1) is 20.7. The van der Waals surface area contributed by atoms with Gasteiger partial charge >= 0.3 is 11.9 Å². The topological polar surface area (TPSA) is 188 Å². The molecule has 0 aliphatic heterocycles. The van der Waals surface area contributed by atoms with E-state index in [2.05, 4.69) is 23.3 Å². The second kappa shape index (κ2) is 10.4. The molecule has 7 N–H and O–H groups in total. The number of carbonyl (C=O) groups is 5. The fraction of sp³-hybridized carbons (Fsp3) is 0.545. The van der Waals surface area contributed by atoms with Crippen molar-refractivity contribution in [1.29, 1.82) is 0 Å². The quantitative estimate of drug-likeness (QED) is 0.198. The molecule has 0 aliphatic rings. The highest BCUT2D eigenvalue weighted by atomic mass is 32.1. The molecule has 0 rings (SSSR count). The molecule has 0 fully saturated rings. The Morgan fingerprint density at radius 2 is 1.57 bits per heavy atom. The summed E-state index contributed by atoms with van der Waals surface area (Å²) in [6.45, 7) is -1.08.